The predicted octanol–water partition coefficient (Wildman–Crippen LogP) is 2.81. The standard InChI is InChI=1S/C15H18F3N3O/c1-19-15(21-10-5-2-3-6-10)20-9-11-12(16)7-4-8-13(11)22-14(17)18/h2-4,7-8,10,14H,5-6,9H2,1H3,(H2,19,20,21). The van der Waals surface area contributed by atoms with Gasteiger partial charge in [0.05, 0.1) is 0 Å². The van der Waals surface area contributed by atoms with Crippen LogP contribution in [0.3, 0.4) is 0 Å². The van der Waals surface area contributed by atoms with Crippen molar-refractivity contribution in [2.45, 2.75) is 32.0 Å². The molecule has 1 aliphatic carbocycles. The highest BCUT2D eigenvalue weighted by molar-refractivity contribution is 5.80. The van der Waals surface area contributed by atoms with Crippen LogP contribution >= 0.6 is 0 Å². The van der Waals surface area contributed by atoms with Crippen molar-refractivity contribution in [3.63, 3.8) is 0 Å². The summed E-state index contributed by atoms with van der Waals surface area (Å²) in [5, 5.41) is 6.09. The molecule has 2 rings (SSSR count). The van der Waals surface area contributed by atoms with E-state index in [-0.39, 0.29) is 23.9 Å². The molecule has 0 atom stereocenters. The average molecular weight is 313 g/mol. The van der Waals surface area contributed by atoms with Crippen LogP contribution in [0.2, 0.25) is 0 Å². The highest BCUT2D eigenvalue weighted by Crippen LogP contribution is 2.23. The molecule has 1 aliphatic rings. The first kappa shape index (κ1) is 16.2. The Labute approximate surface area is 127 Å². The Hall–Kier alpha value is -2.18. The molecule has 0 amide bonds. The second-order valence-corrected chi connectivity index (χ2v) is 4.80. The van der Waals surface area contributed by atoms with Gasteiger partial charge in [0.15, 0.2) is 5.96 Å². The van der Waals surface area contributed by atoms with E-state index in [0.29, 0.717) is 5.96 Å². The van der Waals surface area contributed by atoms with Gasteiger partial charge in [-0.25, -0.2) is 4.39 Å². The highest BCUT2D eigenvalue weighted by atomic mass is 19.3. The van der Waals surface area contributed by atoms with Crippen LogP contribution in [0.1, 0.15) is 18.4 Å². The zero-order chi connectivity index (χ0) is 15.9. The lowest BCUT2D eigenvalue weighted by Crippen LogP contribution is -2.42. The van der Waals surface area contributed by atoms with E-state index in [9.17, 15) is 13.2 Å². The van der Waals surface area contributed by atoms with Gasteiger partial charge in [-0.1, -0.05) is 18.2 Å². The molecule has 0 fully saturated rings. The summed E-state index contributed by atoms with van der Waals surface area (Å²) in [5.74, 6) is -0.302. The summed E-state index contributed by atoms with van der Waals surface area (Å²) in [6.45, 7) is -3.00. The molecule has 0 unspecified atom stereocenters. The maximum absolute atomic E-state index is 13.8. The SMILES string of the molecule is CN=C(NCc1c(F)cccc1OC(F)F)NC1CC=CC1. The lowest BCUT2D eigenvalue weighted by molar-refractivity contribution is -0.0506. The lowest BCUT2D eigenvalue weighted by Gasteiger charge is -2.18. The van der Waals surface area contributed by atoms with Crippen LogP contribution in [0, 0.1) is 5.82 Å². The minimum absolute atomic E-state index is 0.00541. The molecule has 4 nitrogen and oxygen atoms in total. The van der Waals surface area contributed by atoms with Crippen molar-refractivity contribution in [3.05, 3.63) is 41.7 Å². The molecular formula is C15H18F3N3O. The minimum atomic E-state index is -3.00. The number of halogens is 3. The van der Waals surface area contributed by atoms with Crippen LogP contribution in [0.5, 0.6) is 5.75 Å². The van der Waals surface area contributed by atoms with Crippen LogP contribution in [-0.4, -0.2) is 25.7 Å². The van der Waals surface area contributed by atoms with Crippen molar-refractivity contribution < 1.29 is 17.9 Å². The van der Waals surface area contributed by atoms with Crippen molar-refractivity contribution in [2.75, 3.05) is 7.05 Å². The van der Waals surface area contributed by atoms with Crippen molar-refractivity contribution in [1.29, 1.82) is 0 Å². The number of alkyl halides is 2. The number of guanidine groups is 1. The average Bonchev–Trinajstić information content (AvgIpc) is 2.97. The van der Waals surface area contributed by atoms with Crippen LogP contribution in [0.15, 0.2) is 35.3 Å². The van der Waals surface area contributed by atoms with Crippen LogP contribution in [-0.2, 0) is 6.54 Å². The third kappa shape index (κ3) is 4.41. The first-order valence-electron chi connectivity index (χ1n) is 6.94. The number of hydrogen-bond acceptors (Lipinski definition) is 2. The molecule has 0 aliphatic heterocycles. The molecule has 0 spiro atoms. The molecule has 1 aromatic rings. The van der Waals surface area contributed by atoms with E-state index in [0.717, 1.165) is 12.8 Å². The first-order chi connectivity index (χ1) is 10.6. The zero-order valence-corrected chi connectivity index (χ0v) is 12.2. The summed E-state index contributed by atoms with van der Waals surface area (Å²) >= 11 is 0. The quantitative estimate of drug-likeness (QED) is 0.499. The molecule has 7 heteroatoms. The van der Waals surface area contributed by atoms with E-state index < -0.39 is 12.4 Å². The largest absolute Gasteiger partial charge is 0.434 e. The summed E-state index contributed by atoms with van der Waals surface area (Å²) < 4.78 is 42.9. The Balaban J connectivity index is 2.00. The summed E-state index contributed by atoms with van der Waals surface area (Å²) in [7, 11) is 1.59. The number of ether oxygens (including phenoxy) is 1. The highest BCUT2D eigenvalue weighted by Gasteiger charge is 2.15. The van der Waals surface area contributed by atoms with Crippen molar-refractivity contribution >= 4 is 5.96 Å². The van der Waals surface area contributed by atoms with Crippen LogP contribution in [0.25, 0.3) is 0 Å². The maximum Gasteiger partial charge on any atom is 0.387 e. The monoisotopic (exact) mass is 313 g/mol. The van der Waals surface area contributed by atoms with Crippen molar-refractivity contribution in [3.8, 4) is 5.75 Å². The summed E-state index contributed by atoms with van der Waals surface area (Å²) in [5.41, 5.74) is 0.0373. The summed E-state index contributed by atoms with van der Waals surface area (Å²) in [6, 6.07) is 4.08. The molecule has 22 heavy (non-hydrogen) atoms. The zero-order valence-electron chi connectivity index (χ0n) is 12.2. The molecule has 120 valence electrons. The summed E-state index contributed by atoms with van der Waals surface area (Å²) in [4.78, 5) is 4.04. The Morgan fingerprint density at radius 3 is 2.73 bits per heavy atom. The second-order valence-electron chi connectivity index (χ2n) is 4.80. The number of nitrogens with one attached hydrogen (secondary N) is 2. The maximum atomic E-state index is 13.8. The van der Waals surface area contributed by atoms with E-state index in [1.165, 1.54) is 18.2 Å². The van der Waals surface area contributed by atoms with Gasteiger partial charge in [0.25, 0.3) is 0 Å². The van der Waals surface area contributed by atoms with Crippen LogP contribution < -0.4 is 15.4 Å². The van der Waals surface area contributed by atoms with Gasteiger partial charge < -0.3 is 15.4 Å². The van der Waals surface area contributed by atoms with Gasteiger partial charge in [0.2, 0.25) is 0 Å². The van der Waals surface area contributed by atoms with Crippen molar-refractivity contribution in [2.24, 2.45) is 4.99 Å². The van der Waals surface area contributed by atoms with Crippen molar-refractivity contribution in [1.82, 2.24) is 10.6 Å². The number of rotatable bonds is 5. The van der Waals surface area contributed by atoms with E-state index in [4.69, 9.17) is 0 Å². The Morgan fingerprint density at radius 2 is 2.09 bits per heavy atom. The fourth-order valence-corrected chi connectivity index (χ4v) is 2.21. The number of nitrogens with zero attached hydrogens (tertiary/aromatic N) is 1. The molecule has 1 aromatic carbocycles. The van der Waals surface area contributed by atoms with E-state index in [2.05, 4.69) is 32.5 Å². The van der Waals surface area contributed by atoms with E-state index in [1.54, 1.807) is 7.05 Å². The summed E-state index contributed by atoms with van der Waals surface area (Å²) in [6.07, 6.45) is 5.91. The van der Waals surface area contributed by atoms with Gasteiger partial charge >= 0.3 is 6.61 Å². The van der Waals surface area contributed by atoms with E-state index in [1.807, 2.05) is 0 Å². The molecule has 0 bridgehead atoms. The van der Waals surface area contributed by atoms with Gasteiger partial charge in [-0.15, -0.1) is 0 Å². The number of hydrogen-bond donors (Lipinski definition) is 2. The fraction of sp³-hybridized carbons (Fsp3) is 0.400. The predicted molar refractivity (Wildman–Crippen MR) is 78.5 cm³/mol. The molecule has 2 N–H and O–H groups in total. The first-order valence-corrected chi connectivity index (χ1v) is 6.94. The van der Waals surface area contributed by atoms with Crippen LogP contribution in [0.4, 0.5) is 13.2 Å². The molecule has 0 saturated heterocycles. The van der Waals surface area contributed by atoms with Gasteiger partial charge in [0, 0.05) is 25.2 Å². The molecule has 0 aromatic heterocycles. The van der Waals surface area contributed by atoms with Gasteiger partial charge in [-0.3, -0.25) is 4.99 Å². The van der Waals surface area contributed by atoms with E-state index >= 15 is 0 Å². The number of benzene rings is 1. The fourth-order valence-electron chi connectivity index (χ4n) is 2.21. The Morgan fingerprint density at radius 1 is 1.36 bits per heavy atom. The number of aliphatic imine (C=N–C) groups is 1. The molecule has 0 saturated carbocycles. The second kappa shape index (κ2) is 7.72. The third-order valence-electron chi connectivity index (χ3n) is 3.30. The third-order valence-corrected chi connectivity index (χ3v) is 3.30. The minimum Gasteiger partial charge on any atom is -0.434 e. The van der Waals surface area contributed by atoms with Gasteiger partial charge in [-0.05, 0) is 25.0 Å². The molecule has 0 heterocycles. The van der Waals surface area contributed by atoms with Gasteiger partial charge in [0.1, 0.15) is 11.6 Å². The Kier molecular flexibility index (Phi) is 5.68. The van der Waals surface area contributed by atoms with Gasteiger partial charge in [-0.2, -0.15) is 8.78 Å². The topological polar surface area (TPSA) is 45.7 Å². The molecule has 0 radical (unpaired) electrons. The lowest BCUT2D eigenvalue weighted by atomic mass is 10.2. The molecular weight excluding hydrogens is 295 g/mol. The Bertz CT molecular complexity index is 553. The smallest absolute Gasteiger partial charge is 0.387 e. The normalized spacial score (nSPS) is 15.4.